The van der Waals surface area contributed by atoms with Crippen molar-refractivity contribution < 1.29 is 4.79 Å². The number of amides is 1. The van der Waals surface area contributed by atoms with Crippen molar-refractivity contribution in [2.45, 2.75) is 43.1 Å². The molecular formula is C15H21N3OS3. The average Bonchev–Trinajstić information content (AvgIpc) is 3.21. The number of hydrogen-bond donors (Lipinski definition) is 1. The van der Waals surface area contributed by atoms with Crippen LogP contribution in [0.2, 0.25) is 0 Å². The summed E-state index contributed by atoms with van der Waals surface area (Å²) in [6.45, 7) is 2.06. The van der Waals surface area contributed by atoms with Crippen molar-refractivity contribution in [3.8, 4) is 0 Å². The van der Waals surface area contributed by atoms with Gasteiger partial charge in [0.05, 0.1) is 4.08 Å². The Morgan fingerprint density at radius 3 is 2.50 bits per heavy atom. The standard InChI is InChI=1S/C15H21N3OS3/c1-2-12-17-18-14(22-12)16-13(19)9-7-10-3-4-11(8-9)15(10)20-5-6-21-15/h9-11H,2-8H2,1H3,(H,16,18,19). The van der Waals surface area contributed by atoms with Gasteiger partial charge in [-0.2, -0.15) is 0 Å². The molecule has 1 spiro atoms. The van der Waals surface area contributed by atoms with E-state index in [2.05, 4.69) is 46.0 Å². The Morgan fingerprint density at radius 1 is 1.23 bits per heavy atom. The van der Waals surface area contributed by atoms with Crippen molar-refractivity contribution in [3.05, 3.63) is 5.01 Å². The van der Waals surface area contributed by atoms with Crippen LogP contribution in [0.4, 0.5) is 5.13 Å². The van der Waals surface area contributed by atoms with Crippen LogP contribution >= 0.6 is 34.9 Å². The van der Waals surface area contributed by atoms with E-state index < -0.39 is 0 Å². The second-order valence-electron chi connectivity index (χ2n) is 6.40. The fourth-order valence-electron chi connectivity index (χ4n) is 4.27. The van der Waals surface area contributed by atoms with E-state index in [1.807, 2.05) is 0 Å². The van der Waals surface area contributed by atoms with Gasteiger partial charge < -0.3 is 5.32 Å². The lowest BCUT2D eigenvalue weighted by Gasteiger charge is -2.42. The Morgan fingerprint density at radius 2 is 1.91 bits per heavy atom. The first-order valence-corrected chi connectivity index (χ1v) is 10.9. The lowest BCUT2D eigenvalue weighted by Crippen LogP contribution is -2.41. The number of aromatic nitrogens is 2. The number of anilines is 1. The number of carbonyl (C=O) groups excluding carboxylic acids is 1. The van der Waals surface area contributed by atoms with E-state index >= 15 is 0 Å². The minimum absolute atomic E-state index is 0.165. The molecule has 2 atom stereocenters. The highest BCUT2D eigenvalue weighted by Crippen LogP contribution is 2.65. The second-order valence-corrected chi connectivity index (χ2v) is 10.5. The molecule has 1 aliphatic heterocycles. The summed E-state index contributed by atoms with van der Waals surface area (Å²) < 4.78 is 0.453. The minimum atomic E-state index is 0.165. The summed E-state index contributed by atoms with van der Waals surface area (Å²) in [5, 5.41) is 12.8. The number of nitrogens with zero attached hydrogens (tertiary/aromatic N) is 2. The van der Waals surface area contributed by atoms with E-state index in [0.717, 1.165) is 36.1 Å². The summed E-state index contributed by atoms with van der Waals surface area (Å²) in [6, 6.07) is 0. The van der Waals surface area contributed by atoms with Crippen LogP contribution < -0.4 is 5.32 Å². The van der Waals surface area contributed by atoms with E-state index in [0.29, 0.717) is 9.21 Å². The first kappa shape index (κ1) is 15.3. The van der Waals surface area contributed by atoms with Crippen LogP contribution in [0.25, 0.3) is 0 Å². The highest BCUT2D eigenvalue weighted by Gasteiger charge is 2.57. The largest absolute Gasteiger partial charge is 0.300 e. The fourth-order valence-corrected chi connectivity index (χ4v) is 8.89. The number of nitrogens with one attached hydrogen (secondary N) is 1. The summed E-state index contributed by atoms with van der Waals surface area (Å²) in [5.74, 6) is 4.36. The molecule has 2 heterocycles. The smallest absolute Gasteiger partial charge is 0.229 e. The Labute approximate surface area is 143 Å². The monoisotopic (exact) mass is 355 g/mol. The Hall–Kier alpha value is -0.270. The molecule has 1 saturated heterocycles. The Balaban J connectivity index is 1.43. The molecule has 4 nitrogen and oxygen atoms in total. The van der Waals surface area contributed by atoms with Gasteiger partial charge in [0, 0.05) is 17.4 Å². The van der Waals surface area contributed by atoms with Gasteiger partial charge in [0.2, 0.25) is 11.0 Å². The minimum Gasteiger partial charge on any atom is -0.300 e. The zero-order valence-electron chi connectivity index (χ0n) is 12.7. The summed E-state index contributed by atoms with van der Waals surface area (Å²) >= 11 is 5.86. The van der Waals surface area contributed by atoms with E-state index in [1.54, 1.807) is 0 Å². The maximum atomic E-state index is 12.6. The van der Waals surface area contributed by atoms with Gasteiger partial charge in [-0.1, -0.05) is 18.3 Å². The molecule has 2 saturated carbocycles. The normalized spacial score (nSPS) is 32.5. The van der Waals surface area contributed by atoms with Gasteiger partial charge in [-0.15, -0.1) is 33.7 Å². The molecule has 3 fully saturated rings. The lowest BCUT2D eigenvalue weighted by molar-refractivity contribution is -0.121. The molecule has 2 unspecified atom stereocenters. The molecule has 120 valence electrons. The average molecular weight is 356 g/mol. The van der Waals surface area contributed by atoms with Gasteiger partial charge in [0.15, 0.2) is 0 Å². The highest BCUT2D eigenvalue weighted by atomic mass is 32.2. The zero-order chi connectivity index (χ0) is 15.2. The van der Waals surface area contributed by atoms with Gasteiger partial charge in [0.25, 0.3) is 0 Å². The predicted molar refractivity (Wildman–Crippen MR) is 94.5 cm³/mol. The molecule has 7 heteroatoms. The molecule has 22 heavy (non-hydrogen) atoms. The van der Waals surface area contributed by atoms with Crippen LogP contribution in [0.5, 0.6) is 0 Å². The maximum absolute atomic E-state index is 12.6. The van der Waals surface area contributed by atoms with Crippen LogP contribution in [-0.2, 0) is 11.2 Å². The molecular weight excluding hydrogens is 334 g/mol. The van der Waals surface area contributed by atoms with E-state index in [-0.39, 0.29) is 11.8 Å². The third-order valence-electron chi connectivity index (χ3n) is 5.25. The van der Waals surface area contributed by atoms with Crippen molar-refractivity contribution in [1.29, 1.82) is 0 Å². The van der Waals surface area contributed by atoms with Crippen LogP contribution in [0, 0.1) is 17.8 Å². The summed E-state index contributed by atoms with van der Waals surface area (Å²) in [7, 11) is 0. The summed E-state index contributed by atoms with van der Waals surface area (Å²) in [4.78, 5) is 12.6. The van der Waals surface area contributed by atoms with Crippen molar-refractivity contribution in [2.75, 3.05) is 16.8 Å². The van der Waals surface area contributed by atoms with Gasteiger partial charge in [-0.25, -0.2) is 0 Å². The zero-order valence-corrected chi connectivity index (χ0v) is 15.2. The molecule has 2 bridgehead atoms. The molecule has 1 amide bonds. The number of rotatable bonds is 3. The molecule has 0 radical (unpaired) electrons. The number of thioether (sulfide) groups is 2. The molecule has 1 aromatic heterocycles. The molecule has 2 aliphatic carbocycles. The van der Waals surface area contributed by atoms with Gasteiger partial charge >= 0.3 is 0 Å². The molecule has 3 aliphatic rings. The number of hydrogen-bond acceptors (Lipinski definition) is 6. The first-order chi connectivity index (χ1) is 10.7. The van der Waals surface area contributed by atoms with E-state index in [9.17, 15) is 4.79 Å². The van der Waals surface area contributed by atoms with Crippen molar-refractivity contribution >= 4 is 45.9 Å². The van der Waals surface area contributed by atoms with Gasteiger partial charge in [0.1, 0.15) is 5.01 Å². The predicted octanol–water partition coefficient (Wildman–Crippen LogP) is 3.65. The maximum Gasteiger partial charge on any atom is 0.229 e. The van der Waals surface area contributed by atoms with E-state index in [1.165, 1.54) is 35.7 Å². The van der Waals surface area contributed by atoms with Crippen molar-refractivity contribution in [3.63, 3.8) is 0 Å². The quantitative estimate of drug-likeness (QED) is 0.897. The van der Waals surface area contributed by atoms with E-state index in [4.69, 9.17) is 0 Å². The molecule has 4 rings (SSSR count). The SMILES string of the molecule is CCc1nnc(NC(=O)C2CC3CCC(C2)C32SCCS2)s1. The molecule has 1 aromatic rings. The highest BCUT2D eigenvalue weighted by molar-refractivity contribution is 8.21. The third kappa shape index (κ3) is 2.49. The molecule has 0 aromatic carbocycles. The third-order valence-corrected chi connectivity index (χ3v) is 10.2. The summed E-state index contributed by atoms with van der Waals surface area (Å²) in [5.41, 5.74) is 0. The topological polar surface area (TPSA) is 54.9 Å². The second kappa shape index (κ2) is 5.98. The van der Waals surface area contributed by atoms with Crippen molar-refractivity contribution in [2.24, 2.45) is 17.8 Å². The van der Waals surface area contributed by atoms with Crippen molar-refractivity contribution in [1.82, 2.24) is 10.2 Å². The summed E-state index contributed by atoms with van der Waals surface area (Å²) in [6.07, 6.45) is 5.61. The number of carbonyl (C=O) groups is 1. The van der Waals surface area contributed by atoms with Gasteiger partial charge in [-0.05, 0) is 43.9 Å². The Kier molecular flexibility index (Phi) is 4.15. The van der Waals surface area contributed by atoms with Crippen LogP contribution in [-0.4, -0.2) is 31.7 Å². The lowest BCUT2D eigenvalue weighted by atomic mass is 9.79. The number of aryl methyl sites for hydroxylation is 1. The first-order valence-electron chi connectivity index (χ1n) is 8.12. The van der Waals surface area contributed by atoms with Crippen LogP contribution in [0.3, 0.4) is 0 Å². The van der Waals surface area contributed by atoms with Gasteiger partial charge in [-0.3, -0.25) is 4.79 Å². The molecule has 1 N–H and O–H groups in total. The van der Waals surface area contributed by atoms with Crippen LogP contribution in [0.15, 0.2) is 0 Å². The Bertz CT molecular complexity index is 554. The fraction of sp³-hybridized carbons (Fsp3) is 0.800. The van der Waals surface area contributed by atoms with Crippen LogP contribution in [0.1, 0.15) is 37.6 Å².